The van der Waals surface area contributed by atoms with Gasteiger partial charge in [0.1, 0.15) is 5.82 Å². The first-order valence-electron chi connectivity index (χ1n) is 9.72. The Morgan fingerprint density at radius 1 is 1.06 bits per heavy atom. The molecule has 0 spiro atoms. The van der Waals surface area contributed by atoms with Gasteiger partial charge in [-0.2, -0.15) is 4.98 Å². The molecule has 0 bridgehead atoms. The van der Waals surface area contributed by atoms with Crippen molar-refractivity contribution in [3.63, 3.8) is 0 Å². The van der Waals surface area contributed by atoms with Crippen molar-refractivity contribution in [1.29, 1.82) is 0 Å². The van der Waals surface area contributed by atoms with Gasteiger partial charge >= 0.3 is 0 Å². The molecule has 3 heterocycles. The van der Waals surface area contributed by atoms with Gasteiger partial charge in [0.05, 0.1) is 22.0 Å². The van der Waals surface area contributed by atoms with Gasteiger partial charge in [-0.1, -0.05) is 12.1 Å². The summed E-state index contributed by atoms with van der Waals surface area (Å²) in [4.78, 5) is 25.6. The molecule has 154 valence electrons. The van der Waals surface area contributed by atoms with Gasteiger partial charge in [0.2, 0.25) is 5.95 Å². The molecule has 0 amide bonds. The Balaban J connectivity index is 1.30. The highest BCUT2D eigenvalue weighted by Crippen LogP contribution is 2.26. The van der Waals surface area contributed by atoms with E-state index in [1.165, 1.54) is 6.20 Å². The van der Waals surface area contributed by atoms with Crippen LogP contribution in [0.3, 0.4) is 0 Å². The van der Waals surface area contributed by atoms with Crippen LogP contribution in [-0.4, -0.2) is 24.9 Å². The van der Waals surface area contributed by atoms with Crippen LogP contribution >= 0.6 is 0 Å². The molecule has 0 aliphatic rings. The van der Waals surface area contributed by atoms with Crippen LogP contribution in [0.1, 0.15) is 16.7 Å². The van der Waals surface area contributed by atoms with E-state index in [0.717, 1.165) is 33.1 Å². The van der Waals surface area contributed by atoms with Crippen molar-refractivity contribution < 1.29 is 4.92 Å². The fourth-order valence-corrected chi connectivity index (χ4v) is 3.67. The molecule has 5 aromatic rings. The first kappa shape index (κ1) is 18.6. The normalized spacial score (nSPS) is 11.2. The number of aromatic amines is 2. The monoisotopic (exact) mass is 413 g/mol. The Morgan fingerprint density at radius 3 is 2.74 bits per heavy atom. The first-order chi connectivity index (χ1) is 15.1. The van der Waals surface area contributed by atoms with Gasteiger partial charge in [0.25, 0.3) is 5.69 Å². The number of aromatic nitrogens is 4. The molecule has 9 heteroatoms. The maximum Gasteiger partial charge on any atom is 0.294 e. The van der Waals surface area contributed by atoms with Gasteiger partial charge in [-0.05, 0) is 46.8 Å². The molecular weight excluding hydrogens is 394 g/mol. The quantitative estimate of drug-likeness (QED) is 0.244. The second-order valence-corrected chi connectivity index (χ2v) is 7.34. The average molecular weight is 413 g/mol. The number of benzene rings is 2. The van der Waals surface area contributed by atoms with Crippen LogP contribution in [0.2, 0.25) is 0 Å². The van der Waals surface area contributed by atoms with E-state index in [2.05, 4.69) is 37.4 Å². The van der Waals surface area contributed by atoms with Gasteiger partial charge in [-0.25, -0.2) is 4.98 Å². The molecule has 3 aromatic heterocycles. The van der Waals surface area contributed by atoms with Gasteiger partial charge < -0.3 is 21.0 Å². The lowest BCUT2D eigenvalue weighted by Gasteiger charge is -2.09. The summed E-state index contributed by atoms with van der Waals surface area (Å²) in [7, 11) is 0. The lowest BCUT2D eigenvalue weighted by atomic mass is 10.1. The van der Waals surface area contributed by atoms with Crippen LogP contribution < -0.4 is 11.1 Å². The van der Waals surface area contributed by atoms with Crippen molar-refractivity contribution in [3.05, 3.63) is 87.9 Å². The van der Waals surface area contributed by atoms with Gasteiger partial charge in [-0.3, -0.25) is 10.1 Å². The van der Waals surface area contributed by atoms with Crippen molar-refractivity contribution in [2.45, 2.75) is 13.0 Å². The van der Waals surface area contributed by atoms with Crippen LogP contribution in [0.15, 0.2) is 61.1 Å². The van der Waals surface area contributed by atoms with Crippen LogP contribution in [0.5, 0.6) is 0 Å². The minimum absolute atomic E-state index is 0.0551. The number of hydrogen-bond acceptors (Lipinski definition) is 6. The summed E-state index contributed by atoms with van der Waals surface area (Å²) >= 11 is 0. The Kier molecular flexibility index (Phi) is 4.47. The number of fused-ring (bicyclic) bond motifs is 2. The van der Waals surface area contributed by atoms with E-state index in [-0.39, 0.29) is 5.69 Å². The van der Waals surface area contributed by atoms with Crippen LogP contribution in [-0.2, 0) is 13.0 Å². The molecule has 0 fully saturated rings. The molecule has 0 aliphatic carbocycles. The first-order valence-corrected chi connectivity index (χ1v) is 9.72. The third kappa shape index (κ3) is 3.64. The van der Waals surface area contributed by atoms with E-state index < -0.39 is 4.92 Å². The smallest absolute Gasteiger partial charge is 0.294 e. The Labute approximate surface area is 176 Å². The molecule has 0 radical (unpaired) electrons. The molecule has 0 aliphatic heterocycles. The minimum Gasteiger partial charge on any atom is -0.383 e. The minimum atomic E-state index is -0.396. The summed E-state index contributed by atoms with van der Waals surface area (Å²) in [6, 6.07) is 13.7. The summed E-state index contributed by atoms with van der Waals surface area (Å²) in [5, 5.41) is 16.0. The van der Waals surface area contributed by atoms with E-state index in [0.29, 0.717) is 30.1 Å². The standard InChI is InChI=1S/C22H19N7O2/c23-21-16(8-13-1-3-18-15(7-13)5-6-24-18)11-27-22(28-21)26-10-14-2-4-19-17(9-14)20(12-25-19)29(30)31/h1-7,9,11-12,24-25H,8,10H2,(H3,23,26,27,28). The highest BCUT2D eigenvalue weighted by Gasteiger charge is 2.14. The highest BCUT2D eigenvalue weighted by atomic mass is 16.6. The van der Waals surface area contributed by atoms with Crippen molar-refractivity contribution in [1.82, 2.24) is 19.9 Å². The van der Waals surface area contributed by atoms with E-state index in [9.17, 15) is 10.1 Å². The molecule has 5 N–H and O–H groups in total. The predicted molar refractivity (Wildman–Crippen MR) is 120 cm³/mol. The predicted octanol–water partition coefficient (Wildman–Crippen LogP) is 4.13. The van der Waals surface area contributed by atoms with Crippen LogP contribution in [0.4, 0.5) is 17.5 Å². The summed E-state index contributed by atoms with van der Waals surface area (Å²) in [6.07, 6.45) is 5.68. The molecule has 2 aromatic carbocycles. The van der Waals surface area contributed by atoms with Crippen molar-refractivity contribution in [2.24, 2.45) is 0 Å². The van der Waals surface area contributed by atoms with Crippen molar-refractivity contribution in [3.8, 4) is 0 Å². The SMILES string of the molecule is Nc1nc(NCc2ccc3[nH]cc([N+](=O)[O-])c3c2)ncc1Cc1ccc2[nH]ccc2c1. The third-order valence-corrected chi connectivity index (χ3v) is 5.28. The third-order valence-electron chi connectivity index (χ3n) is 5.28. The van der Waals surface area contributed by atoms with Crippen molar-refractivity contribution >= 4 is 39.3 Å². The van der Waals surface area contributed by atoms with E-state index in [1.54, 1.807) is 12.3 Å². The van der Waals surface area contributed by atoms with Crippen molar-refractivity contribution in [2.75, 3.05) is 11.1 Å². The lowest BCUT2D eigenvalue weighted by molar-refractivity contribution is -0.383. The van der Waals surface area contributed by atoms with E-state index >= 15 is 0 Å². The van der Waals surface area contributed by atoms with E-state index in [4.69, 9.17) is 5.73 Å². The Hall–Kier alpha value is -4.40. The average Bonchev–Trinajstić information content (AvgIpc) is 3.40. The number of nitrogen functional groups attached to an aromatic ring is 1. The van der Waals surface area contributed by atoms with E-state index in [1.807, 2.05) is 30.5 Å². The van der Waals surface area contributed by atoms with Gasteiger partial charge in [0.15, 0.2) is 0 Å². The number of nitrogens with zero attached hydrogens (tertiary/aromatic N) is 3. The number of nitrogens with one attached hydrogen (secondary N) is 3. The zero-order chi connectivity index (χ0) is 21.4. The second kappa shape index (κ2) is 7.45. The molecule has 9 nitrogen and oxygen atoms in total. The molecule has 31 heavy (non-hydrogen) atoms. The molecule has 5 rings (SSSR count). The zero-order valence-electron chi connectivity index (χ0n) is 16.4. The summed E-state index contributed by atoms with van der Waals surface area (Å²) in [6.45, 7) is 0.418. The molecule has 0 saturated carbocycles. The number of H-pyrrole nitrogens is 2. The number of nitrogens with two attached hydrogens (primary N) is 1. The fourth-order valence-electron chi connectivity index (χ4n) is 3.67. The molecule has 0 unspecified atom stereocenters. The number of hydrogen-bond donors (Lipinski definition) is 4. The molecule has 0 saturated heterocycles. The summed E-state index contributed by atoms with van der Waals surface area (Å²) in [5.41, 5.74) is 10.9. The summed E-state index contributed by atoms with van der Waals surface area (Å²) < 4.78 is 0. The topological polar surface area (TPSA) is 139 Å². The zero-order valence-corrected chi connectivity index (χ0v) is 16.4. The van der Waals surface area contributed by atoms with Gasteiger partial charge in [-0.15, -0.1) is 0 Å². The maximum atomic E-state index is 11.2. The Morgan fingerprint density at radius 2 is 1.90 bits per heavy atom. The maximum absolute atomic E-state index is 11.2. The second-order valence-electron chi connectivity index (χ2n) is 7.34. The highest BCUT2D eigenvalue weighted by molar-refractivity contribution is 5.89. The van der Waals surface area contributed by atoms with Crippen LogP contribution in [0, 0.1) is 10.1 Å². The molecular formula is C22H19N7O2. The number of rotatable bonds is 6. The number of nitro groups is 1. The van der Waals surface area contributed by atoms with Crippen LogP contribution in [0.25, 0.3) is 21.8 Å². The Bertz CT molecular complexity index is 1420. The lowest BCUT2D eigenvalue weighted by Crippen LogP contribution is -2.07. The number of anilines is 2. The molecule has 0 atom stereocenters. The van der Waals surface area contributed by atoms with Gasteiger partial charge in [0, 0.05) is 36.4 Å². The fraction of sp³-hybridized carbons (Fsp3) is 0.0909. The summed E-state index contributed by atoms with van der Waals surface area (Å²) in [5.74, 6) is 0.828. The largest absolute Gasteiger partial charge is 0.383 e.